The van der Waals surface area contributed by atoms with Crippen LogP contribution in [0.1, 0.15) is 16.2 Å². The number of hydrogen-bond donors (Lipinski definition) is 0. The third-order valence-corrected chi connectivity index (χ3v) is 2.10. The van der Waals surface area contributed by atoms with Crippen LogP contribution >= 0.6 is 0 Å². The van der Waals surface area contributed by atoms with Crippen LogP contribution in [-0.2, 0) is 6.18 Å². The van der Waals surface area contributed by atoms with Crippen LogP contribution in [0.4, 0.5) is 13.2 Å². The van der Waals surface area contributed by atoms with E-state index in [2.05, 4.69) is 9.97 Å². The maximum atomic E-state index is 12.4. The fourth-order valence-electron chi connectivity index (χ4n) is 1.31. The van der Waals surface area contributed by atoms with E-state index < -0.39 is 12.0 Å². The molecule has 0 bridgehead atoms. The number of alkyl halides is 3. The molecule has 0 atom stereocenters. The first-order valence-corrected chi connectivity index (χ1v) is 5.12. The van der Waals surface area contributed by atoms with Crippen LogP contribution in [0.5, 0.6) is 11.6 Å². The molecule has 1 aromatic heterocycles. The van der Waals surface area contributed by atoms with Crippen molar-refractivity contribution >= 4 is 6.29 Å². The van der Waals surface area contributed by atoms with E-state index in [0.29, 0.717) is 11.8 Å². The Bertz CT molecular complexity index is 600. The number of ether oxygens (including phenoxy) is 1. The lowest BCUT2D eigenvalue weighted by Gasteiger charge is -2.08. The lowest BCUT2D eigenvalue weighted by molar-refractivity contribution is -0.145. The minimum Gasteiger partial charge on any atom is -0.439 e. The van der Waals surface area contributed by atoms with E-state index in [1.807, 2.05) is 0 Å². The number of benzene rings is 1. The van der Waals surface area contributed by atoms with Crippen molar-refractivity contribution in [3.63, 3.8) is 0 Å². The van der Waals surface area contributed by atoms with E-state index in [9.17, 15) is 18.0 Å². The van der Waals surface area contributed by atoms with E-state index in [1.165, 1.54) is 18.2 Å². The molecule has 0 unspecified atom stereocenters. The lowest BCUT2D eigenvalue weighted by Crippen LogP contribution is -2.10. The van der Waals surface area contributed by atoms with Crippen LogP contribution in [0.3, 0.4) is 0 Å². The maximum Gasteiger partial charge on any atom is 0.451 e. The van der Waals surface area contributed by atoms with Crippen LogP contribution < -0.4 is 4.74 Å². The van der Waals surface area contributed by atoms with Crippen molar-refractivity contribution < 1.29 is 22.7 Å². The van der Waals surface area contributed by atoms with Crippen LogP contribution in [0.25, 0.3) is 0 Å². The number of nitrogens with zero attached hydrogens (tertiary/aromatic N) is 2. The third-order valence-electron chi connectivity index (χ3n) is 2.10. The molecule has 0 amide bonds. The molecule has 2 aromatic rings. The normalized spacial score (nSPS) is 11.1. The average Bonchev–Trinajstić information content (AvgIpc) is 2.38. The molecule has 4 nitrogen and oxygen atoms in total. The summed E-state index contributed by atoms with van der Waals surface area (Å²) >= 11 is 0. The molecule has 7 heteroatoms. The van der Waals surface area contributed by atoms with Crippen molar-refractivity contribution in [3.8, 4) is 11.6 Å². The molecule has 19 heavy (non-hydrogen) atoms. The highest BCUT2D eigenvalue weighted by atomic mass is 19.4. The van der Waals surface area contributed by atoms with Gasteiger partial charge in [-0.25, -0.2) is 4.98 Å². The summed E-state index contributed by atoms with van der Waals surface area (Å²) in [6.45, 7) is 0. The summed E-state index contributed by atoms with van der Waals surface area (Å²) < 4.78 is 42.3. The molecular weight excluding hydrogens is 261 g/mol. The van der Waals surface area contributed by atoms with Crippen molar-refractivity contribution in [1.82, 2.24) is 9.97 Å². The summed E-state index contributed by atoms with van der Waals surface area (Å²) in [5.41, 5.74) is 0.350. The van der Waals surface area contributed by atoms with Gasteiger partial charge >= 0.3 is 6.18 Å². The van der Waals surface area contributed by atoms with Crippen LogP contribution in [-0.4, -0.2) is 16.3 Å². The van der Waals surface area contributed by atoms with E-state index in [-0.39, 0.29) is 11.6 Å². The Kier molecular flexibility index (Phi) is 3.46. The quantitative estimate of drug-likeness (QED) is 0.802. The summed E-state index contributed by atoms with van der Waals surface area (Å²) in [5, 5.41) is 0. The molecule has 1 aromatic carbocycles. The minimum atomic E-state index is -4.63. The monoisotopic (exact) mass is 268 g/mol. The molecule has 2 rings (SSSR count). The molecule has 0 saturated heterocycles. The lowest BCUT2D eigenvalue weighted by atomic mass is 10.2. The number of halogens is 3. The summed E-state index contributed by atoms with van der Waals surface area (Å²) in [7, 11) is 0. The Labute approximate surface area is 105 Å². The van der Waals surface area contributed by atoms with Gasteiger partial charge in [-0.3, -0.25) is 4.79 Å². The Hall–Kier alpha value is -2.44. The molecule has 0 N–H and O–H groups in total. The van der Waals surface area contributed by atoms with Gasteiger partial charge in [0.2, 0.25) is 11.7 Å². The molecule has 0 spiro atoms. The topological polar surface area (TPSA) is 52.1 Å². The Morgan fingerprint density at radius 2 is 2.00 bits per heavy atom. The van der Waals surface area contributed by atoms with Gasteiger partial charge in [-0.05, 0) is 12.1 Å². The summed E-state index contributed by atoms with van der Waals surface area (Å²) in [4.78, 5) is 16.9. The maximum absolute atomic E-state index is 12.4. The average molecular weight is 268 g/mol. The van der Waals surface area contributed by atoms with Gasteiger partial charge in [-0.1, -0.05) is 12.1 Å². The number of aromatic nitrogens is 2. The Morgan fingerprint density at radius 3 is 2.68 bits per heavy atom. The van der Waals surface area contributed by atoms with Crippen molar-refractivity contribution in [1.29, 1.82) is 0 Å². The molecule has 0 aliphatic rings. The number of aldehydes is 1. The molecule has 0 aliphatic carbocycles. The predicted octanol–water partition coefficient (Wildman–Crippen LogP) is 3.10. The van der Waals surface area contributed by atoms with Crippen molar-refractivity contribution in [2.45, 2.75) is 6.18 Å². The fraction of sp³-hybridized carbons (Fsp3) is 0.0833. The van der Waals surface area contributed by atoms with Crippen LogP contribution in [0.15, 0.2) is 36.5 Å². The molecule has 0 saturated carbocycles. The Balaban J connectivity index is 2.25. The van der Waals surface area contributed by atoms with Gasteiger partial charge < -0.3 is 4.74 Å². The fourth-order valence-corrected chi connectivity index (χ4v) is 1.31. The van der Waals surface area contributed by atoms with Gasteiger partial charge in [0, 0.05) is 17.8 Å². The van der Waals surface area contributed by atoms with Crippen molar-refractivity contribution in [3.05, 3.63) is 47.9 Å². The highest BCUT2D eigenvalue weighted by Crippen LogP contribution is 2.28. The highest BCUT2D eigenvalue weighted by molar-refractivity contribution is 5.75. The Morgan fingerprint density at radius 1 is 1.21 bits per heavy atom. The molecule has 0 radical (unpaired) electrons. The summed E-state index contributed by atoms with van der Waals surface area (Å²) in [6, 6.07) is 7.18. The SMILES string of the molecule is O=Cc1cccc(Oc2ccnc(C(F)(F)F)n2)c1. The first-order chi connectivity index (χ1) is 8.99. The molecule has 0 aliphatic heterocycles. The first kappa shape index (κ1) is 13.0. The molecular formula is C12H7F3N2O2. The number of carbonyl (C=O) groups excluding carboxylic acids is 1. The van der Waals surface area contributed by atoms with E-state index in [4.69, 9.17) is 4.74 Å². The van der Waals surface area contributed by atoms with Gasteiger partial charge in [0.05, 0.1) is 0 Å². The second-order valence-corrected chi connectivity index (χ2v) is 3.51. The number of hydrogen-bond acceptors (Lipinski definition) is 4. The van der Waals surface area contributed by atoms with E-state index >= 15 is 0 Å². The second-order valence-electron chi connectivity index (χ2n) is 3.51. The summed E-state index contributed by atoms with van der Waals surface area (Å²) in [5.74, 6) is -1.31. The smallest absolute Gasteiger partial charge is 0.439 e. The molecule has 98 valence electrons. The number of carbonyl (C=O) groups is 1. The largest absolute Gasteiger partial charge is 0.451 e. The minimum absolute atomic E-state index is 0.219. The summed E-state index contributed by atoms with van der Waals surface area (Å²) in [6.07, 6.45) is -3.08. The van der Waals surface area contributed by atoms with Gasteiger partial charge in [0.1, 0.15) is 12.0 Å². The zero-order valence-electron chi connectivity index (χ0n) is 9.39. The molecule has 1 heterocycles. The second kappa shape index (κ2) is 5.05. The molecule has 0 fully saturated rings. The first-order valence-electron chi connectivity index (χ1n) is 5.12. The number of rotatable bonds is 3. The van der Waals surface area contributed by atoms with Crippen LogP contribution in [0.2, 0.25) is 0 Å². The van der Waals surface area contributed by atoms with Gasteiger partial charge in [-0.2, -0.15) is 18.2 Å². The predicted molar refractivity (Wildman–Crippen MR) is 58.9 cm³/mol. The van der Waals surface area contributed by atoms with Gasteiger partial charge in [0.25, 0.3) is 0 Å². The highest BCUT2D eigenvalue weighted by Gasteiger charge is 2.34. The van der Waals surface area contributed by atoms with Crippen molar-refractivity contribution in [2.75, 3.05) is 0 Å². The third kappa shape index (κ3) is 3.27. The van der Waals surface area contributed by atoms with Gasteiger partial charge in [0.15, 0.2) is 0 Å². The zero-order chi connectivity index (χ0) is 13.9. The van der Waals surface area contributed by atoms with E-state index in [0.717, 1.165) is 6.20 Å². The standard InChI is InChI=1S/C12H7F3N2O2/c13-12(14,15)11-16-5-4-10(17-11)19-9-3-1-2-8(6-9)7-18/h1-7H. The van der Waals surface area contributed by atoms with Gasteiger partial charge in [-0.15, -0.1) is 0 Å². The van der Waals surface area contributed by atoms with Crippen molar-refractivity contribution in [2.24, 2.45) is 0 Å². The van der Waals surface area contributed by atoms with E-state index in [1.54, 1.807) is 12.1 Å². The zero-order valence-corrected chi connectivity index (χ0v) is 9.39. The van der Waals surface area contributed by atoms with Crippen LogP contribution in [0, 0.1) is 0 Å².